The Kier molecular flexibility index (Phi) is 5.31. The van der Waals surface area contributed by atoms with Gasteiger partial charge in [-0.2, -0.15) is 0 Å². The van der Waals surface area contributed by atoms with Crippen LogP contribution in [0.4, 0.5) is 5.82 Å². The molecule has 0 saturated carbocycles. The minimum absolute atomic E-state index is 0.0571. The van der Waals surface area contributed by atoms with E-state index in [1.807, 2.05) is 13.8 Å². The number of carbonyl (C=O) groups is 2. The molecule has 0 saturated heterocycles. The molecule has 1 N–H and O–H groups in total. The van der Waals surface area contributed by atoms with Crippen LogP contribution in [0.5, 0.6) is 0 Å². The first kappa shape index (κ1) is 15.7. The van der Waals surface area contributed by atoms with E-state index in [9.17, 15) is 19.7 Å². The Morgan fingerprint density at radius 2 is 2.10 bits per heavy atom. The molecule has 1 atom stereocenters. The number of aromatic nitrogens is 1. The van der Waals surface area contributed by atoms with Gasteiger partial charge in [-0.3, -0.25) is 14.9 Å². The number of rotatable bonds is 5. The predicted molar refractivity (Wildman–Crippen MR) is 72.2 cm³/mol. The van der Waals surface area contributed by atoms with Gasteiger partial charge < -0.3 is 10.1 Å². The van der Waals surface area contributed by atoms with Gasteiger partial charge in [0.05, 0.1) is 5.56 Å². The lowest BCUT2D eigenvalue weighted by atomic mass is 10.0. The molecule has 1 unspecified atom stereocenters. The van der Waals surface area contributed by atoms with Gasteiger partial charge >= 0.3 is 5.82 Å². The first-order valence-electron chi connectivity index (χ1n) is 6.30. The molecule has 1 rings (SSSR count). The molecule has 0 spiro atoms. The smallest absolute Gasteiger partial charge is 0.358 e. The molecule has 7 heteroatoms. The quantitative estimate of drug-likeness (QED) is 0.656. The number of carbonyl (C=O) groups excluding carboxylic acids is 2. The molecule has 1 aromatic heterocycles. The highest BCUT2D eigenvalue weighted by Gasteiger charge is 2.18. The fourth-order valence-electron chi connectivity index (χ4n) is 1.59. The maximum Gasteiger partial charge on any atom is 0.364 e. The van der Waals surface area contributed by atoms with Crippen LogP contribution in [-0.4, -0.2) is 21.7 Å². The minimum Gasteiger partial charge on any atom is -0.358 e. The van der Waals surface area contributed by atoms with Gasteiger partial charge in [0, 0.05) is 19.4 Å². The molecule has 0 fully saturated rings. The lowest BCUT2D eigenvalue weighted by molar-refractivity contribution is -0.389. The molecule has 1 aromatic rings. The summed E-state index contributed by atoms with van der Waals surface area (Å²) in [6.45, 7) is 5.41. The lowest BCUT2D eigenvalue weighted by Crippen LogP contribution is -2.31. The first-order valence-corrected chi connectivity index (χ1v) is 6.30. The Morgan fingerprint density at radius 1 is 1.45 bits per heavy atom. The summed E-state index contributed by atoms with van der Waals surface area (Å²) in [5.41, 5.74) is 0.403. The number of amides is 2. The molecule has 0 aromatic carbocycles. The molecule has 0 aliphatic heterocycles. The van der Waals surface area contributed by atoms with E-state index >= 15 is 0 Å². The lowest BCUT2D eigenvalue weighted by Gasteiger charge is -2.08. The van der Waals surface area contributed by atoms with Crippen LogP contribution in [0.2, 0.25) is 0 Å². The molecule has 7 nitrogen and oxygen atoms in total. The van der Waals surface area contributed by atoms with Crippen molar-refractivity contribution in [3.8, 4) is 0 Å². The van der Waals surface area contributed by atoms with Crippen molar-refractivity contribution < 1.29 is 14.5 Å². The van der Waals surface area contributed by atoms with Gasteiger partial charge in [0.1, 0.15) is 0 Å². The summed E-state index contributed by atoms with van der Waals surface area (Å²) in [7, 11) is 0. The van der Waals surface area contributed by atoms with Crippen molar-refractivity contribution in [2.75, 3.05) is 0 Å². The number of nitrogens with zero attached hydrogens (tertiary/aromatic N) is 2. The van der Waals surface area contributed by atoms with Crippen molar-refractivity contribution in [1.29, 1.82) is 0 Å². The zero-order valence-electron chi connectivity index (χ0n) is 11.7. The molecule has 1 heterocycles. The average molecular weight is 279 g/mol. The van der Waals surface area contributed by atoms with Crippen molar-refractivity contribution >= 4 is 17.6 Å². The molecule has 2 amide bonds. The van der Waals surface area contributed by atoms with E-state index in [2.05, 4.69) is 10.3 Å². The van der Waals surface area contributed by atoms with Crippen LogP contribution in [0.1, 0.15) is 42.7 Å². The fourth-order valence-corrected chi connectivity index (χ4v) is 1.59. The SMILES string of the molecule is CCC(C)CC(=O)NC(=O)c1cc(C)nc([N+](=O)[O-])c1. The molecule has 0 aliphatic rings. The highest BCUT2D eigenvalue weighted by Crippen LogP contribution is 2.12. The number of aryl methyl sites for hydroxylation is 1. The van der Waals surface area contributed by atoms with E-state index in [-0.39, 0.29) is 23.8 Å². The highest BCUT2D eigenvalue weighted by molar-refractivity contribution is 6.04. The van der Waals surface area contributed by atoms with Gasteiger partial charge in [0.15, 0.2) is 5.69 Å². The van der Waals surface area contributed by atoms with E-state index in [0.717, 1.165) is 12.5 Å². The van der Waals surface area contributed by atoms with Gasteiger partial charge in [0.2, 0.25) is 5.91 Å². The Bertz CT molecular complexity index is 542. The summed E-state index contributed by atoms with van der Waals surface area (Å²) in [6.07, 6.45) is 1.08. The third-order valence-electron chi connectivity index (χ3n) is 2.87. The zero-order valence-corrected chi connectivity index (χ0v) is 11.7. The largest absolute Gasteiger partial charge is 0.364 e. The van der Waals surface area contributed by atoms with Gasteiger partial charge in [-0.1, -0.05) is 20.3 Å². The maximum absolute atomic E-state index is 11.9. The third kappa shape index (κ3) is 4.42. The zero-order chi connectivity index (χ0) is 15.3. The third-order valence-corrected chi connectivity index (χ3v) is 2.87. The van der Waals surface area contributed by atoms with Crippen molar-refractivity contribution in [1.82, 2.24) is 10.3 Å². The summed E-state index contributed by atoms with van der Waals surface area (Å²) in [4.78, 5) is 37.2. The number of hydrogen-bond acceptors (Lipinski definition) is 5. The van der Waals surface area contributed by atoms with Crippen LogP contribution in [0.25, 0.3) is 0 Å². The minimum atomic E-state index is -0.676. The van der Waals surface area contributed by atoms with Crippen LogP contribution in [0.3, 0.4) is 0 Å². The number of hydrogen-bond donors (Lipinski definition) is 1. The second-order valence-corrected chi connectivity index (χ2v) is 4.71. The van der Waals surface area contributed by atoms with Gasteiger partial charge in [0.25, 0.3) is 5.91 Å². The molecular formula is C13H17N3O4. The molecule has 0 aliphatic carbocycles. The summed E-state index contributed by atoms with van der Waals surface area (Å²) in [5.74, 6) is -1.27. The van der Waals surface area contributed by atoms with E-state index in [1.54, 1.807) is 6.92 Å². The summed E-state index contributed by atoms with van der Waals surface area (Å²) < 4.78 is 0. The van der Waals surface area contributed by atoms with Crippen molar-refractivity contribution in [2.45, 2.75) is 33.6 Å². The van der Waals surface area contributed by atoms with Crippen LogP contribution in [0.15, 0.2) is 12.1 Å². The monoisotopic (exact) mass is 279 g/mol. The predicted octanol–water partition coefficient (Wildman–Crippen LogP) is 1.99. The Hall–Kier alpha value is -2.31. The van der Waals surface area contributed by atoms with Crippen molar-refractivity contribution in [3.05, 3.63) is 33.5 Å². The Labute approximate surface area is 116 Å². The fraction of sp³-hybridized carbons (Fsp3) is 0.462. The standard InChI is InChI=1S/C13H17N3O4/c1-4-8(2)5-12(17)15-13(18)10-6-9(3)14-11(7-10)16(19)20/h6-8H,4-5H2,1-3H3,(H,15,17,18). The summed E-state index contributed by atoms with van der Waals surface area (Å²) >= 11 is 0. The van der Waals surface area contributed by atoms with Crippen LogP contribution in [-0.2, 0) is 4.79 Å². The first-order chi connectivity index (χ1) is 9.33. The van der Waals surface area contributed by atoms with E-state index in [4.69, 9.17) is 0 Å². The van der Waals surface area contributed by atoms with E-state index < -0.39 is 16.6 Å². The van der Waals surface area contributed by atoms with E-state index in [0.29, 0.717) is 5.69 Å². The van der Waals surface area contributed by atoms with E-state index in [1.165, 1.54) is 6.07 Å². The molecule has 108 valence electrons. The van der Waals surface area contributed by atoms with Crippen LogP contribution in [0, 0.1) is 23.0 Å². The molecule has 0 radical (unpaired) electrons. The van der Waals surface area contributed by atoms with Crippen molar-refractivity contribution in [2.24, 2.45) is 5.92 Å². The number of imide groups is 1. The van der Waals surface area contributed by atoms with Crippen molar-refractivity contribution in [3.63, 3.8) is 0 Å². The maximum atomic E-state index is 11.9. The number of pyridine rings is 1. The molecule has 20 heavy (non-hydrogen) atoms. The highest BCUT2D eigenvalue weighted by atomic mass is 16.6. The van der Waals surface area contributed by atoms with Crippen LogP contribution < -0.4 is 5.32 Å². The normalized spacial score (nSPS) is 11.8. The summed E-state index contributed by atoms with van der Waals surface area (Å²) in [5, 5.41) is 12.9. The number of nitrogens with one attached hydrogen (secondary N) is 1. The topological polar surface area (TPSA) is 102 Å². The molecular weight excluding hydrogens is 262 g/mol. The Balaban J connectivity index is 2.82. The summed E-state index contributed by atoms with van der Waals surface area (Å²) in [6, 6.07) is 2.46. The molecule has 0 bridgehead atoms. The van der Waals surface area contributed by atoms with Crippen LogP contribution >= 0.6 is 0 Å². The van der Waals surface area contributed by atoms with Gasteiger partial charge in [-0.15, -0.1) is 0 Å². The van der Waals surface area contributed by atoms with Gasteiger partial charge in [-0.25, -0.2) is 0 Å². The van der Waals surface area contributed by atoms with Gasteiger partial charge in [-0.05, 0) is 21.9 Å². The average Bonchev–Trinajstić information content (AvgIpc) is 2.37. The second-order valence-electron chi connectivity index (χ2n) is 4.71. The second kappa shape index (κ2) is 6.74. The number of nitro groups is 1. The Morgan fingerprint density at radius 3 is 2.65 bits per heavy atom.